The Morgan fingerprint density at radius 1 is 1.17 bits per heavy atom. The maximum atomic E-state index is 13.1. The number of rotatable bonds is 5. The molecule has 30 heavy (non-hydrogen) atoms. The van der Waals surface area contributed by atoms with Crippen molar-refractivity contribution in [1.29, 1.82) is 0 Å². The lowest BCUT2D eigenvalue weighted by Crippen LogP contribution is -2.35. The molecule has 3 amide bonds. The average Bonchev–Trinajstić information content (AvgIpc) is 3.19. The molecule has 0 aromatic heterocycles. The molecule has 2 aromatic rings. The van der Waals surface area contributed by atoms with Crippen LogP contribution in [0.5, 0.6) is 5.75 Å². The van der Waals surface area contributed by atoms with E-state index in [0.29, 0.717) is 33.6 Å². The van der Waals surface area contributed by atoms with Gasteiger partial charge in [-0.25, -0.2) is 0 Å². The van der Waals surface area contributed by atoms with E-state index in [1.165, 1.54) is 4.90 Å². The SMILES string of the molecule is CCOc1ccc(NC(=O)CN2C(=O)C(=C3SC(=S)NC3=O)c3ccccc32)cc1. The largest absolute Gasteiger partial charge is 0.494 e. The average molecular weight is 440 g/mol. The molecule has 9 heteroatoms. The minimum absolute atomic E-state index is 0.184. The maximum absolute atomic E-state index is 13.1. The number of nitrogens with zero attached hydrogens (tertiary/aromatic N) is 1. The van der Waals surface area contributed by atoms with Gasteiger partial charge < -0.3 is 15.4 Å². The van der Waals surface area contributed by atoms with Crippen molar-refractivity contribution >= 4 is 63.0 Å². The van der Waals surface area contributed by atoms with Gasteiger partial charge in [0.1, 0.15) is 16.6 Å². The van der Waals surface area contributed by atoms with E-state index in [0.717, 1.165) is 11.8 Å². The van der Waals surface area contributed by atoms with Crippen molar-refractivity contribution in [2.45, 2.75) is 6.92 Å². The number of para-hydroxylation sites is 1. The fourth-order valence-electron chi connectivity index (χ4n) is 3.28. The Morgan fingerprint density at radius 3 is 2.57 bits per heavy atom. The molecule has 0 unspecified atom stereocenters. The fraction of sp³-hybridized carbons (Fsp3) is 0.143. The highest BCUT2D eigenvalue weighted by Gasteiger charge is 2.39. The number of thioether (sulfide) groups is 1. The number of hydrogen-bond acceptors (Lipinski definition) is 6. The van der Waals surface area contributed by atoms with Crippen LogP contribution in [0.2, 0.25) is 0 Å². The highest BCUT2D eigenvalue weighted by atomic mass is 32.2. The number of hydrogen-bond donors (Lipinski definition) is 2. The molecule has 2 heterocycles. The second-order valence-corrected chi connectivity index (χ2v) is 8.15. The van der Waals surface area contributed by atoms with Gasteiger partial charge in [0.25, 0.3) is 11.8 Å². The summed E-state index contributed by atoms with van der Waals surface area (Å²) in [5, 5.41) is 5.31. The van der Waals surface area contributed by atoms with Crippen molar-refractivity contribution in [2.24, 2.45) is 0 Å². The topological polar surface area (TPSA) is 87.7 Å². The molecule has 7 nitrogen and oxygen atoms in total. The Kier molecular flexibility index (Phi) is 5.56. The van der Waals surface area contributed by atoms with E-state index in [1.807, 2.05) is 6.92 Å². The first-order valence-corrected chi connectivity index (χ1v) is 10.4. The van der Waals surface area contributed by atoms with Gasteiger partial charge in [-0.1, -0.05) is 42.2 Å². The molecular weight excluding hydrogens is 422 g/mol. The molecule has 4 rings (SSSR count). The first-order chi connectivity index (χ1) is 14.5. The lowest BCUT2D eigenvalue weighted by atomic mass is 10.1. The van der Waals surface area contributed by atoms with Crippen LogP contribution in [-0.4, -0.2) is 35.2 Å². The summed E-state index contributed by atoms with van der Waals surface area (Å²) in [6.45, 7) is 2.27. The van der Waals surface area contributed by atoms with E-state index < -0.39 is 11.8 Å². The van der Waals surface area contributed by atoms with Crippen LogP contribution in [0.4, 0.5) is 11.4 Å². The molecule has 0 aliphatic carbocycles. The number of benzene rings is 2. The van der Waals surface area contributed by atoms with E-state index in [4.69, 9.17) is 17.0 Å². The van der Waals surface area contributed by atoms with Crippen molar-refractivity contribution in [3.8, 4) is 5.75 Å². The molecule has 0 atom stereocenters. The first-order valence-electron chi connectivity index (χ1n) is 9.19. The molecule has 2 aliphatic rings. The normalized spacial score (nSPS) is 17.8. The Labute approximate surface area is 182 Å². The zero-order valence-corrected chi connectivity index (χ0v) is 17.6. The fourth-order valence-corrected chi connectivity index (χ4v) is 4.40. The zero-order valence-electron chi connectivity index (χ0n) is 15.9. The van der Waals surface area contributed by atoms with Gasteiger partial charge in [0.2, 0.25) is 5.91 Å². The minimum atomic E-state index is -0.402. The number of carbonyl (C=O) groups excluding carboxylic acids is 3. The van der Waals surface area contributed by atoms with Crippen molar-refractivity contribution in [3.05, 3.63) is 59.0 Å². The van der Waals surface area contributed by atoms with E-state index in [9.17, 15) is 14.4 Å². The molecule has 0 spiro atoms. The predicted molar refractivity (Wildman–Crippen MR) is 120 cm³/mol. The van der Waals surface area contributed by atoms with Gasteiger partial charge in [0, 0.05) is 11.3 Å². The van der Waals surface area contributed by atoms with Gasteiger partial charge in [-0.3, -0.25) is 19.3 Å². The molecule has 0 saturated carbocycles. The standard InChI is InChI=1S/C21H17N3O4S2/c1-2-28-13-9-7-12(8-10-13)22-16(25)11-24-15-6-4-3-5-14(15)17(20(24)27)18-19(26)23-21(29)30-18/h3-10H,2,11H2,1H3,(H,22,25)(H,23,26,29). The van der Waals surface area contributed by atoms with E-state index in [1.54, 1.807) is 48.5 Å². The van der Waals surface area contributed by atoms with Crippen LogP contribution in [0.1, 0.15) is 12.5 Å². The van der Waals surface area contributed by atoms with Crippen LogP contribution in [-0.2, 0) is 14.4 Å². The smallest absolute Gasteiger partial charge is 0.264 e. The second-order valence-electron chi connectivity index (χ2n) is 6.46. The highest BCUT2D eigenvalue weighted by molar-refractivity contribution is 8.27. The minimum Gasteiger partial charge on any atom is -0.494 e. The summed E-state index contributed by atoms with van der Waals surface area (Å²) >= 11 is 6.10. The maximum Gasteiger partial charge on any atom is 0.264 e. The van der Waals surface area contributed by atoms with Crippen LogP contribution in [0.3, 0.4) is 0 Å². The molecule has 0 bridgehead atoms. The second kappa shape index (κ2) is 8.29. The summed E-state index contributed by atoms with van der Waals surface area (Å²) < 4.78 is 5.69. The number of thiocarbonyl (C=S) groups is 1. The monoisotopic (exact) mass is 439 g/mol. The number of anilines is 2. The van der Waals surface area contributed by atoms with Crippen LogP contribution >= 0.6 is 24.0 Å². The third kappa shape index (κ3) is 3.81. The van der Waals surface area contributed by atoms with Crippen LogP contribution in [0.15, 0.2) is 53.4 Å². The van der Waals surface area contributed by atoms with Crippen molar-refractivity contribution in [3.63, 3.8) is 0 Å². The van der Waals surface area contributed by atoms with Gasteiger partial charge in [-0.15, -0.1) is 0 Å². The molecule has 1 fully saturated rings. The Bertz CT molecular complexity index is 1100. The summed E-state index contributed by atoms with van der Waals surface area (Å²) in [4.78, 5) is 39.6. The molecule has 152 valence electrons. The first kappa shape index (κ1) is 20.1. The van der Waals surface area contributed by atoms with Crippen molar-refractivity contribution in [2.75, 3.05) is 23.4 Å². The Morgan fingerprint density at radius 2 is 1.90 bits per heavy atom. The zero-order chi connectivity index (χ0) is 21.3. The van der Waals surface area contributed by atoms with Crippen LogP contribution < -0.4 is 20.3 Å². The number of amides is 3. The Balaban J connectivity index is 1.57. The molecule has 1 saturated heterocycles. The quantitative estimate of drug-likeness (QED) is 0.550. The third-order valence-electron chi connectivity index (χ3n) is 4.52. The third-order valence-corrected chi connectivity index (χ3v) is 5.75. The number of ether oxygens (including phenoxy) is 1. The summed E-state index contributed by atoms with van der Waals surface area (Å²) in [6, 6.07) is 14.1. The lowest BCUT2D eigenvalue weighted by Gasteiger charge is -2.17. The van der Waals surface area contributed by atoms with Crippen molar-refractivity contribution < 1.29 is 19.1 Å². The molecule has 2 N–H and O–H groups in total. The van der Waals surface area contributed by atoms with E-state index in [2.05, 4.69) is 10.6 Å². The van der Waals surface area contributed by atoms with E-state index in [-0.39, 0.29) is 22.9 Å². The summed E-state index contributed by atoms with van der Waals surface area (Å²) in [6.07, 6.45) is 0. The summed E-state index contributed by atoms with van der Waals surface area (Å²) in [5.41, 5.74) is 2.05. The summed E-state index contributed by atoms with van der Waals surface area (Å²) in [5.74, 6) is -0.447. The van der Waals surface area contributed by atoms with Crippen LogP contribution in [0.25, 0.3) is 5.57 Å². The van der Waals surface area contributed by atoms with Gasteiger partial charge in [-0.05, 0) is 37.3 Å². The van der Waals surface area contributed by atoms with Crippen LogP contribution in [0, 0.1) is 0 Å². The molecule has 0 radical (unpaired) electrons. The van der Waals surface area contributed by atoms with Gasteiger partial charge in [0.05, 0.1) is 22.8 Å². The molecule has 2 aromatic carbocycles. The van der Waals surface area contributed by atoms with Gasteiger partial charge in [-0.2, -0.15) is 0 Å². The lowest BCUT2D eigenvalue weighted by molar-refractivity contribution is -0.118. The number of carbonyl (C=O) groups is 3. The Hall–Kier alpha value is -3.17. The number of fused-ring (bicyclic) bond motifs is 1. The number of nitrogens with one attached hydrogen (secondary N) is 2. The van der Waals surface area contributed by atoms with Gasteiger partial charge >= 0.3 is 0 Å². The van der Waals surface area contributed by atoms with Gasteiger partial charge in [0.15, 0.2) is 0 Å². The van der Waals surface area contributed by atoms with Crippen molar-refractivity contribution in [1.82, 2.24) is 5.32 Å². The molecular formula is C21H17N3O4S2. The summed E-state index contributed by atoms with van der Waals surface area (Å²) in [7, 11) is 0. The molecule has 2 aliphatic heterocycles. The van der Waals surface area contributed by atoms with E-state index >= 15 is 0 Å². The highest BCUT2D eigenvalue weighted by Crippen LogP contribution is 2.42. The predicted octanol–water partition coefficient (Wildman–Crippen LogP) is 2.93.